The molecule has 0 radical (unpaired) electrons. The summed E-state index contributed by atoms with van der Waals surface area (Å²) >= 11 is 0. The van der Waals surface area contributed by atoms with Gasteiger partial charge in [0.1, 0.15) is 29.5 Å². The molecule has 0 saturated carbocycles. The summed E-state index contributed by atoms with van der Waals surface area (Å²) in [5, 5.41) is 0.486. The van der Waals surface area contributed by atoms with Gasteiger partial charge < -0.3 is 18.6 Å². The lowest BCUT2D eigenvalue weighted by molar-refractivity contribution is 0.296. The molecule has 0 N–H and O–H groups in total. The fraction of sp³-hybridized carbons (Fsp3) is 0.276. The van der Waals surface area contributed by atoms with Crippen molar-refractivity contribution in [1.29, 1.82) is 0 Å². The zero-order valence-electron chi connectivity index (χ0n) is 19.9. The number of hydrogen-bond acceptors (Lipinski definition) is 5. The second-order valence-electron chi connectivity index (χ2n) is 8.66. The molecule has 1 aliphatic rings. The molecule has 0 atom stereocenters. The molecule has 0 aliphatic carbocycles. The molecule has 0 amide bonds. The minimum absolute atomic E-state index is 0.0907. The maximum Gasteiger partial charge on any atom is 0.200 e. The molecule has 1 aromatic heterocycles. The summed E-state index contributed by atoms with van der Waals surface area (Å²) in [5.41, 5.74) is 2.90. The largest absolute Gasteiger partial charge is 0.490 e. The van der Waals surface area contributed by atoms with Crippen molar-refractivity contribution in [1.82, 2.24) is 0 Å². The van der Waals surface area contributed by atoms with Gasteiger partial charge in [0.05, 0.1) is 24.2 Å². The van der Waals surface area contributed by atoms with Crippen molar-refractivity contribution in [2.75, 3.05) is 13.2 Å². The van der Waals surface area contributed by atoms with Crippen LogP contribution in [0.25, 0.3) is 22.1 Å². The number of ether oxygens (including phenoxy) is 3. The van der Waals surface area contributed by atoms with E-state index in [0.29, 0.717) is 58.3 Å². The topological polar surface area (TPSA) is 57.9 Å². The van der Waals surface area contributed by atoms with E-state index in [9.17, 15) is 9.18 Å². The Morgan fingerprint density at radius 1 is 0.971 bits per heavy atom. The van der Waals surface area contributed by atoms with E-state index >= 15 is 0 Å². The van der Waals surface area contributed by atoms with E-state index in [1.54, 1.807) is 31.2 Å². The van der Waals surface area contributed by atoms with Crippen molar-refractivity contribution in [3.63, 3.8) is 0 Å². The molecular weight excluding hydrogens is 447 g/mol. The monoisotopic (exact) mass is 474 g/mol. The van der Waals surface area contributed by atoms with Gasteiger partial charge in [-0.3, -0.25) is 4.79 Å². The average Bonchev–Trinajstić information content (AvgIpc) is 3.09. The summed E-state index contributed by atoms with van der Waals surface area (Å²) in [6, 6.07) is 15.6. The molecule has 0 unspecified atom stereocenters. The van der Waals surface area contributed by atoms with Crippen molar-refractivity contribution in [3.8, 4) is 28.4 Å². The number of halogens is 1. The zero-order valence-corrected chi connectivity index (χ0v) is 19.9. The SMILES string of the molecule is CCCc1cc2c(=O)c(-c3ccc4c(c3)OCCCO4)c(C)oc2cc1OCc1ccccc1F. The van der Waals surface area contributed by atoms with Crippen LogP contribution in [0.5, 0.6) is 17.2 Å². The first-order chi connectivity index (χ1) is 17.0. The zero-order chi connectivity index (χ0) is 24.4. The van der Waals surface area contributed by atoms with E-state index in [1.165, 1.54) is 6.07 Å². The van der Waals surface area contributed by atoms with Gasteiger partial charge in [0.15, 0.2) is 11.5 Å². The van der Waals surface area contributed by atoms with E-state index < -0.39 is 0 Å². The van der Waals surface area contributed by atoms with Crippen LogP contribution >= 0.6 is 0 Å². The minimum Gasteiger partial charge on any atom is -0.490 e. The molecule has 35 heavy (non-hydrogen) atoms. The van der Waals surface area contributed by atoms with Crippen molar-refractivity contribution < 1.29 is 23.0 Å². The third kappa shape index (κ3) is 4.61. The molecule has 3 aromatic carbocycles. The Morgan fingerprint density at radius 3 is 2.57 bits per heavy atom. The lowest BCUT2D eigenvalue weighted by atomic mass is 10.00. The highest BCUT2D eigenvalue weighted by Crippen LogP contribution is 2.36. The summed E-state index contributed by atoms with van der Waals surface area (Å²) in [5.74, 6) is 2.08. The number of hydrogen-bond donors (Lipinski definition) is 0. The maximum atomic E-state index is 14.1. The standard InChI is InChI=1S/C29H27FO5/c1-3-7-19-14-22-26(16-25(19)34-17-21-8-4-5-9-23(21)30)35-18(2)28(29(22)31)20-10-11-24-27(15-20)33-13-6-12-32-24/h4-5,8-11,14-16H,3,6-7,12-13,17H2,1-2H3. The summed E-state index contributed by atoms with van der Waals surface area (Å²) < 4.78 is 37.7. The number of rotatable bonds is 6. The highest BCUT2D eigenvalue weighted by Gasteiger charge is 2.19. The third-order valence-electron chi connectivity index (χ3n) is 6.15. The van der Waals surface area contributed by atoms with Crippen LogP contribution in [0.4, 0.5) is 4.39 Å². The molecule has 2 heterocycles. The first-order valence-corrected chi connectivity index (χ1v) is 11.9. The van der Waals surface area contributed by atoms with Crippen LogP contribution in [0, 0.1) is 12.7 Å². The molecule has 1 aliphatic heterocycles. The molecule has 4 aromatic rings. The smallest absolute Gasteiger partial charge is 0.200 e. The van der Waals surface area contributed by atoms with Crippen LogP contribution in [-0.2, 0) is 13.0 Å². The fourth-order valence-electron chi connectivity index (χ4n) is 4.40. The average molecular weight is 475 g/mol. The predicted molar refractivity (Wildman–Crippen MR) is 133 cm³/mol. The van der Waals surface area contributed by atoms with E-state index in [2.05, 4.69) is 6.92 Å². The highest BCUT2D eigenvalue weighted by molar-refractivity contribution is 5.85. The summed E-state index contributed by atoms with van der Waals surface area (Å²) in [6.07, 6.45) is 2.39. The molecule has 180 valence electrons. The normalized spacial score (nSPS) is 13.0. The van der Waals surface area contributed by atoms with Crippen molar-refractivity contribution in [3.05, 3.63) is 87.5 Å². The number of aryl methyl sites for hydroxylation is 2. The number of fused-ring (bicyclic) bond motifs is 2. The van der Waals surface area contributed by atoms with Gasteiger partial charge in [0, 0.05) is 18.1 Å². The molecule has 0 spiro atoms. The van der Waals surface area contributed by atoms with Gasteiger partial charge in [0.2, 0.25) is 5.43 Å². The highest BCUT2D eigenvalue weighted by atomic mass is 19.1. The Balaban J connectivity index is 1.56. The Bertz CT molecular complexity index is 1440. The predicted octanol–water partition coefficient (Wildman–Crippen LogP) is 6.60. The van der Waals surface area contributed by atoms with Crippen molar-refractivity contribution in [2.45, 2.75) is 39.7 Å². The van der Waals surface area contributed by atoms with Crippen LogP contribution in [0.3, 0.4) is 0 Å². The van der Waals surface area contributed by atoms with E-state index in [4.69, 9.17) is 18.6 Å². The Kier molecular flexibility index (Phi) is 6.45. The molecule has 6 heteroatoms. The molecular formula is C29H27FO5. The second kappa shape index (κ2) is 9.82. The van der Waals surface area contributed by atoms with E-state index in [0.717, 1.165) is 30.4 Å². The van der Waals surface area contributed by atoms with Gasteiger partial charge in [-0.25, -0.2) is 4.39 Å². The fourth-order valence-corrected chi connectivity index (χ4v) is 4.40. The van der Waals surface area contributed by atoms with Crippen molar-refractivity contribution >= 4 is 11.0 Å². The summed E-state index contributed by atoms with van der Waals surface area (Å²) in [4.78, 5) is 13.7. The van der Waals surface area contributed by atoms with Gasteiger partial charge in [-0.15, -0.1) is 0 Å². The second-order valence-corrected chi connectivity index (χ2v) is 8.66. The quantitative estimate of drug-likeness (QED) is 0.315. The summed E-state index contributed by atoms with van der Waals surface area (Å²) in [6.45, 7) is 5.10. The Hall–Kier alpha value is -3.80. The van der Waals surface area contributed by atoms with Gasteiger partial charge >= 0.3 is 0 Å². The van der Waals surface area contributed by atoms with Crippen LogP contribution in [0.15, 0.2) is 63.8 Å². The van der Waals surface area contributed by atoms with Gasteiger partial charge in [0.25, 0.3) is 0 Å². The first-order valence-electron chi connectivity index (χ1n) is 11.9. The van der Waals surface area contributed by atoms with Crippen LogP contribution < -0.4 is 19.6 Å². The van der Waals surface area contributed by atoms with Gasteiger partial charge in [-0.05, 0) is 48.7 Å². The Morgan fingerprint density at radius 2 is 1.77 bits per heavy atom. The maximum absolute atomic E-state index is 14.1. The summed E-state index contributed by atoms with van der Waals surface area (Å²) in [7, 11) is 0. The van der Waals surface area contributed by atoms with Crippen molar-refractivity contribution in [2.24, 2.45) is 0 Å². The van der Waals surface area contributed by atoms with E-state index in [1.807, 2.05) is 24.3 Å². The first kappa shape index (κ1) is 23.0. The lowest BCUT2D eigenvalue weighted by Crippen LogP contribution is -2.09. The third-order valence-corrected chi connectivity index (χ3v) is 6.15. The molecule has 0 bridgehead atoms. The van der Waals surface area contributed by atoms with Gasteiger partial charge in [-0.2, -0.15) is 0 Å². The van der Waals surface area contributed by atoms with Crippen LogP contribution in [0.2, 0.25) is 0 Å². The van der Waals surface area contributed by atoms with Crippen LogP contribution in [0.1, 0.15) is 36.7 Å². The van der Waals surface area contributed by atoms with Crippen LogP contribution in [-0.4, -0.2) is 13.2 Å². The minimum atomic E-state index is -0.313. The Labute approximate surface area is 203 Å². The molecule has 5 rings (SSSR count). The molecule has 5 nitrogen and oxygen atoms in total. The lowest BCUT2D eigenvalue weighted by Gasteiger charge is -2.15. The molecule has 0 fully saturated rings. The molecule has 0 saturated heterocycles. The van der Waals surface area contributed by atoms with E-state index in [-0.39, 0.29) is 17.9 Å². The van der Waals surface area contributed by atoms with Gasteiger partial charge in [-0.1, -0.05) is 37.6 Å². The number of benzene rings is 3.